The van der Waals surface area contributed by atoms with E-state index in [0.29, 0.717) is 38.7 Å². The van der Waals surface area contributed by atoms with E-state index in [1.165, 1.54) is 0 Å². The Kier molecular flexibility index (Phi) is 5.01. The van der Waals surface area contributed by atoms with Gasteiger partial charge in [-0.3, -0.25) is 0 Å². The van der Waals surface area contributed by atoms with Crippen LogP contribution in [0.2, 0.25) is 0 Å². The first-order valence-corrected chi connectivity index (χ1v) is 8.77. The lowest BCUT2D eigenvalue weighted by Gasteiger charge is -2.36. The summed E-state index contributed by atoms with van der Waals surface area (Å²) in [5, 5.41) is 0. The standard InChI is InChI=1S/C18H26N6O2/c1-18(2,3)26-17(25)23-10-8-22(9-11-23)16(19)20-12-14-13-24-7-5-4-6-15(24)21-14/h4-7,13H,8-12H2,1-3H3,(H2,19,20). The molecule has 2 N–H and O–H groups in total. The van der Waals surface area contributed by atoms with Crippen molar-refractivity contribution in [2.24, 2.45) is 10.7 Å². The van der Waals surface area contributed by atoms with Gasteiger partial charge in [0, 0.05) is 38.6 Å². The van der Waals surface area contributed by atoms with Crippen molar-refractivity contribution < 1.29 is 9.53 Å². The second-order valence-electron chi connectivity index (χ2n) is 7.33. The van der Waals surface area contributed by atoms with E-state index in [1.807, 2.05) is 60.7 Å². The van der Waals surface area contributed by atoms with Gasteiger partial charge >= 0.3 is 6.09 Å². The van der Waals surface area contributed by atoms with Crippen molar-refractivity contribution in [3.05, 3.63) is 36.3 Å². The molecule has 0 unspecified atom stereocenters. The predicted molar refractivity (Wildman–Crippen MR) is 99.9 cm³/mol. The van der Waals surface area contributed by atoms with Crippen LogP contribution < -0.4 is 5.73 Å². The van der Waals surface area contributed by atoms with E-state index in [0.717, 1.165) is 11.3 Å². The Morgan fingerprint density at radius 1 is 1.23 bits per heavy atom. The Hall–Kier alpha value is -2.77. The molecule has 8 nitrogen and oxygen atoms in total. The van der Waals surface area contributed by atoms with Crippen LogP contribution in [0.25, 0.3) is 5.65 Å². The molecule has 0 atom stereocenters. The number of piperazine rings is 1. The molecule has 1 aliphatic heterocycles. The van der Waals surface area contributed by atoms with Crippen LogP contribution in [0.1, 0.15) is 26.5 Å². The molecule has 8 heteroatoms. The molecular formula is C18H26N6O2. The maximum atomic E-state index is 12.1. The molecule has 0 bridgehead atoms. The average Bonchev–Trinajstić information content (AvgIpc) is 3.01. The van der Waals surface area contributed by atoms with E-state index in [1.54, 1.807) is 4.90 Å². The molecule has 26 heavy (non-hydrogen) atoms. The van der Waals surface area contributed by atoms with Gasteiger partial charge in [0.2, 0.25) is 0 Å². The first kappa shape index (κ1) is 18.0. The average molecular weight is 358 g/mol. The van der Waals surface area contributed by atoms with Crippen LogP contribution in [0.3, 0.4) is 0 Å². The molecule has 1 aliphatic rings. The minimum atomic E-state index is -0.483. The number of ether oxygens (including phenoxy) is 1. The first-order valence-electron chi connectivity index (χ1n) is 8.77. The number of fused-ring (bicyclic) bond motifs is 1. The van der Waals surface area contributed by atoms with Crippen LogP contribution >= 0.6 is 0 Å². The number of rotatable bonds is 2. The van der Waals surface area contributed by atoms with E-state index >= 15 is 0 Å². The minimum Gasteiger partial charge on any atom is -0.444 e. The van der Waals surface area contributed by atoms with Crippen LogP contribution in [-0.2, 0) is 11.3 Å². The highest BCUT2D eigenvalue weighted by Gasteiger charge is 2.26. The molecule has 2 aromatic rings. The van der Waals surface area contributed by atoms with Crippen molar-refractivity contribution in [2.45, 2.75) is 32.9 Å². The van der Waals surface area contributed by atoms with Crippen LogP contribution in [0.4, 0.5) is 4.79 Å². The van der Waals surface area contributed by atoms with Gasteiger partial charge in [-0.2, -0.15) is 0 Å². The van der Waals surface area contributed by atoms with Crippen LogP contribution in [0.15, 0.2) is 35.6 Å². The summed E-state index contributed by atoms with van der Waals surface area (Å²) in [5.41, 5.74) is 7.40. The Labute approximate surface area is 153 Å². The van der Waals surface area contributed by atoms with E-state index in [2.05, 4.69) is 9.98 Å². The molecule has 1 saturated heterocycles. The topological polar surface area (TPSA) is 88.5 Å². The number of carbonyl (C=O) groups excluding carboxylic acids is 1. The second-order valence-corrected chi connectivity index (χ2v) is 7.33. The summed E-state index contributed by atoms with van der Waals surface area (Å²) in [6, 6.07) is 5.86. The van der Waals surface area contributed by atoms with Crippen molar-refractivity contribution in [1.29, 1.82) is 0 Å². The lowest BCUT2D eigenvalue weighted by atomic mass is 10.2. The summed E-state index contributed by atoms with van der Waals surface area (Å²) < 4.78 is 7.36. The fraction of sp³-hybridized carbons (Fsp3) is 0.500. The SMILES string of the molecule is CC(C)(C)OC(=O)N1CCN(C(N)=NCc2cn3ccccc3n2)CC1. The number of nitrogens with zero attached hydrogens (tertiary/aromatic N) is 5. The van der Waals surface area contributed by atoms with Gasteiger partial charge < -0.3 is 24.7 Å². The zero-order valence-corrected chi connectivity index (χ0v) is 15.6. The van der Waals surface area contributed by atoms with E-state index in [4.69, 9.17) is 10.5 Å². The Balaban J connectivity index is 1.53. The highest BCUT2D eigenvalue weighted by molar-refractivity contribution is 5.78. The number of imidazole rings is 1. The smallest absolute Gasteiger partial charge is 0.410 e. The van der Waals surface area contributed by atoms with Gasteiger partial charge in [0.15, 0.2) is 5.96 Å². The number of aromatic nitrogens is 2. The molecule has 1 amide bonds. The third-order valence-corrected chi connectivity index (χ3v) is 4.07. The number of amides is 1. The number of hydrogen-bond acceptors (Lipinski definition) is 4. The van der Waals surface area contributed by atoms with Crippen molar-refractivity contribution in [2.75, 3.05) is 26.2 Å². The van der Waals surface area contributed by atoms with Crippen molar-refractivity contribution in [1.82, 2.24) is 19.2 Å². The molecule has 140 valence electrons. The maximum Gasteiger partial charge on any atom is 0.410 e. The maximum absolute atomic E-state index is 12.1. The Morgan fingerprint density at radius 3 is 2.58 bits per heavy atom. The lowest BCUT2D eigenvalue weighted by Crippen LogP contribution is -2.53. The number of aliphatic imine (C=N–C) groups is 1. The number of guanidine groups is 1. The van der Waals surface area contributed by atoms with E-state index < -0.39 is 5.60 Å². The molecule has 0 aromatic carbocycles. The van der Waals surface area contributed by atoms with Gasteiger partial charge in [0.25, 0.3) is 0 Å². The summed E-state index contributed by atoms with van der Waals surface area (Å²) in [6.07, 6.45) is 3.62. The van der Waals surface area contributed by atoms with Gasteiger partial charge in [0.1, 0.15) is 11.2 Å². The first-order chi connectivity index (χ1) is 12.3. The van der Waals surface area contributed by atoms with Gasteiger partial charge in [0.05, 0.1) is 12.2 Å². The number of nitrogens with two attached hydrogens (primary N) is 1. The molecule has 2 aromatic heterocycles. The summed E-state index contributed by atoms with van der Waals surface area (Å²) in [4.78, 5) is 24.8. The van der Waals surface area contributed by atoms with Gasteiger partial charge in [-0.1, -0.05) is 6.07 Å². The quantitative estimate of drug-likeness (QED) is 0.652. The fourth-order valence-corrected chi connectivity index (χ4v) is 2.77. The fourth-order valence-electron chi connectivity index (χ4n) is 2.77. The third kappa shape index (κ3) is 4.44. The molecule has 1 fully saturated rings. The van der Waals surface area contributed by atoms with Crippen LogP contribution in [0, 0.1) is 0 Å². The number of hydrogen-bond donors (Lipinski definition) is 1. The highest BCUT2D eigenvalue weighted by Crippen LogP contribution is 2.12. The minimum absolute atomic E-state index is 0.280. The zero-order valence-electron chi connectivity index (χ0n) is 15.6. The summed E-state index contributed by atoms with van der Waals surface area (Å²) >= 11 is 0. The summed E-state index contributed by atoms with van der Waals surface area (Å²) in [6.45, 7) is 8.44. The van der Waals surface area contributed by atoms with Crippen molar-refractivity contribution >= 4 is 17.7 Å². The van der Waals surface area contributed by atoms with Gasteiger partial charge in [-0.05, 0) is 32.9 Å². The van der Waals surface area contributed by atoms with Crippen molar-refractivity contribution in [3.8, 4) is 0 Å². The van der Waals surface area contributed by atoms with Gasteiger partial charge in [-0.25, -0.2) is 14.8 Å². The lowest BCUT2D eigenvalue weighted by molar-refractivity contribution is 0.0186. The molecule has 3 heterocycles. The zero-order chi connectivity index (χ0) is 18.7. The molecular weight excluding hydrogens is 332 g/mol. The number of carbonyl (C=O) groups is 1. The Morgan fingerprint density at radius 2 is 1.92 bits per heavy atom. The molecule has 0 aliphatic carbocycles. The number of pyridine rings is 1. The summed E-state index contributed by atoms with van der Waals surface area (Å²) in [7, 11) is 0. The Bertz CT molecular complexity index is 766. The van der Waals surface area contributed by atoms with Crippen LogP contribution in [0.5, 0.6) is 0 Å². The molecule has 3 rings (SSSR count). The monoisotopic (exact) mass is 358 g/mol. The second kappa shape index (κ2) is 7.23. The largest absolute Gasteiger partial charge is 0.444 e. The summed E-state index contributed by atoms with van der Waals surface area (Å²) in [5.74, 6) is 0.478. The molecule has 0 spiro atoms. The third-order valence-electron chi connectivity index (χ3n) is 4.07. The highest BCUT2D eigenvalue weighted by atomic mass is 16.6. The van der Waals surface area contributed by atoms with Gasteiger partial charge in [-0.15, -0.1) is 0 Å². The normalized spacial score (nSPS) is 16.2. The molecule has 0 radical (unpaired) electrons. The van der Waals surface area contributed by atoms with Crippen LogP contribution in [-0.4, -0.2) is 63.0 Å². The van der Waals surface area contributed by atoms with Crippen molar-refractivity contribution in [3.63, 3.8) is 0 Å². The van der Waals surface area contributed by atoms with E-state index in [9.17, 15) is 4.79 Å². The van der Waals surface area contributed by atoms with E-state index in [-0.39, 0.29) is 6.09 Å². The predicted octanol–water partition coefficient (Wildman–Crippen LogP) is 1.70. The molecule has 0 saturated carbocycles.